The second-order valence-corrected chi connectivity index (χ2v) is 5.57. The molecule has 1 aliphatic rings. The molecule has 0 aliphatic heterocycles. The van der Waals surface area contributed by atoms with Crippen molar-refractivity contribution in [1.82, 2.24) is 4.90 Å². The van der Waals surface area contributed by atoms with E-state index in [-0.39, 0.29) is 5.54 Å². The van der Waals surface area contributed by atoms with Gasteiger partial charge in [-0.3, -0.25) is 4.90 Å². The Morgan fingerprint density at radius 1 is 1.50 bits per heavy atom. The molecule has 1 fully saturated rings. The van der Waals surface area contributed by atoms with E-state index < -0.39 is 0 Å². The molecule has 0 heterocycles. The van der Waals surface area contributed by atoms with Crippen LogP contribution in [0.2, 0.25) is 0 Å². The maximum absolute atomic E-state index is 5.90. The van der Waals surface area contributed by atoms with Crippen molar-refractivity contribution >= 4 is 0 Å². The fourth-order valence-electron chi connectivity index (χ4n) is 2.05. The number of likely N-dealkylation sites (N-methyl/N-ethyl adjacent to an activating group) is 1. The van der Waals surface area contributed by atoms with Crippen molar-refractivity contribution in [2.24, 2.45) is 23.5 Å². The molecule has 0 bridgehead atoms. The van der Waals surface area contributed by atoms with E-state index in [1.54, 1.807) is 0 Å². The van der Waals surface area contributed by atoms with Gasteiger partial charge in [-0.15, -0.1) is 0 Å². The Morgan fingerprint density at radius 3 is 2.29 bits per heavy atom. The quantitative estimate of drug-likeness (QED) is 0.731. The number of rotatable bonds is 5. The molecular weight excluding hydrogens is 172 g/mol. The molecule has 2 N–H and O–H groups in total. The molecule has 1 rings (SSSR count). The standard InChI is InChI=1S/C12H26N2/c1-9(2)12(4,8-13)14(5)7-11-6-10(11)3/h9-11H,6-8,13H2,1-5H3. The highest BCUT2D eigenvalue weighted by Gasteiger charge is 2.38. The first-order valence-corrected chi connectivity index (χ1v) is 5.83. The molecule has 3 atom stereocenters. The second-order valence-electron chi connectivity index (χ2n) is 5.57. The van der Waals surface area contributed by atoms with Crippen LogP contribution in [0.1, 0.15) is 34.1 Å². The van der Waals surface area contributed by atoms with Gasteiger partial charge in [0.05, 0.1) is 0 Å². The van der Waals surface area contributed by atoms with Crippen LogP contribution in [-0.2, 0) is 0 Å². The van der Waals surface area contributed by atoms with Gasteiger partial charge in [0.1, 0.15) is 0 Å². The highest BCUT2D eigenvalue weighted by molar-refractivity contribution is 4.93. The summed E-state index contributed by atoms with van der Waals surface area (Å²) >= 11 is 0. The van der Waals surface area contributed by atoms with Crippen molar-refractivity contribution in [2.75, 3.05) is 20.1 Å². The first kappa shape index (κ1) is 12.0. The molecule has 84 valence electrons. The van der Waals surface area contributed by atoms with E-state index in [0.717, 1.165) is 18.4 Å². The van der Waals surface area contributed by atoms with Crippen molar-refractivity contribution in [3.8, 4) is 0 Å². The third-order valence-electron chi connectivity index (χ3n) is 4.31. The molecule has 0 aromatic rings. The van der Waals surface area contributed by atoms with E-state index in [2.05, 4.69) is 39.6 Å². The number of hydrogen-bond donors (Lipinski definition) is 1. The van der Waals surface area contributed by atoms with E-state index in [9.17, 15) is 0 Å². The molecule has 2 nitrogen and oxygen atoms in total. The van der Waals surface area contributed by atoms with Crippen LogP contribution >= 0.6 is 0 Å². The summed E-state index contributed by atoms with van der Waals surface area (Å²) in [5.41, 5.74) is 6.07. The van der Waals surface area contributed by atoms with Crippen LogP contribution in [0.5, 0.6) is 0 Å². The molecule has 14 heavy (non-hydrogen) atoms. The van der Waals surface area contributed by atoms with Gasteiger partial charge in [0.25, 0.3) is 0 Å². The van der Waals surface area contributed by atoms with E-state index in [4.69, 9.17) is 5.73 Å². The zero-order valence-electron chi connectivity index (χ0n) is 10.4. The minimum atomic E-state index is 0.169. The normalized spacial score (nSPS) is 30.9. The lowest BCUT2D eigenvalue weighted by Gasteiger charge is -2.41. The maximum Gasteiger partial charge on any atom is 0.0323 e. The fourth-order valence-corrected chi connectivity index (χ4v) is 2.05. The summed E-state index contributed by atoms with van der Waals surface area (Å²) in [6.45, 7) is 11.1. The molecule has 3 unspecified atom stereocenters. The summed E-state index contributed by atoms with van der Waals surface area (Å²) < 4.78 is 0. The molecule has 1 aliphatic carbocycles. The van der Waals surface area contributed by atoms with Gasteiger partial charge in [0.15, 0.2) is 0 Å². The third kappa shape index (κ3) is 2.29. The first-order valence-electron chi connectivity index (χ1n) is 5.83. The van der Waals surface area contributed by atoms with Crippen molar-refractivity contribution in [3.05, 3.63) is 0 Å². The van der Waals surface area contributed by atoms with Gasteiger partial charge in [0, 0.05) is 18.6 Å². The highest BCUT2D eigenvalue weighted by Crippen LogP contribution is 2.39. The average molecular weight is 198 g/mol. The Bertz CT molecular complexity index is 191. The molecule has 0 radical (unpaired) electrons. The molecule has 0 aromatic carbocycles. The number of hydrogen-bond acceptors (Lipinski definition) is 2. The molecule has 0 aromatic heterocycles. The summed E-state index contributed by atoms with van der Waals surface area (Å²) in [5, 5.41) is 0. The van der Waals surface area contributed by atoms with Gasteiger partial charge in [-0.2, -0.15) is 0 Å². The number of nitrogens with two attached hydrogens (primary N) is 1. The van der Waals surface area contributed by atoms with E-state index in [0.29, 0.717) is 5.92 Å². The van der Waals surface area contributed by atoms with E-state index in [1.807, 2.05) is 0 Å². The Balaban J connectivity index is 2.50. The van der Waals surface area contributed by atoms with Gasteiger partial charge >= 0.3 is 0 Å². The van der Waals surface area contributed by atoms with Crippen molar-refractivity contribution < 1.29 is 0 Å². The van der Waals surface area contributed by atoms with Gasteiger partial charge < -0.3 is 5.73 Å². The molecular formula is C12H26N2. The molecule has 1 saturated carbocycles. The molecule has 2 heteroatoms. The monoisotopic (exact) mass is 198 g/mol. The molecule has 0 amide bonds. The predicted octanol–water partition coefficient (Wildman–Crippen LogP) is 1.95. The van der Waals surface area contributed by atoms with Crippen LogP contribution < -0.4 is 5.73 Å². The third-order valence-corrected chi connectivity index (χ3v) is 4.31. The van der Waals surface area contributed by atoms with Gasteiger partial charge in [-0.1, -0.05) is 20.8 Å². The summed E-state index contributed by atoms with van der Waals surface area (Å²) in [6.07, 6.45) is 1.41. The van der Waals surface area contributed by atoms with E-state index >= 15 is 0 Å². The summed E-state index contributed by atoms with van der Waals surface area (Å²) in [6, 6.07) is 0. The number of nitrogens with zero attached hydrogens (tertiary/aromatic N) is 1. The maximum atomic E-state index is 5.90. The van der Waals surface area contributed by atoms with Crippen LogP contribution in [0.4, 0.5) is 0 Å². The zero-order valence-corrected chi connectivity index (χ0v) is 10.4. The topological polar surface area (TPSA) is 29.3 Å². The summed E-state index contributed by atoms with van der Waals surface area (Å²) in [4.78, 5) is 2.46. The van der Waals surface area contributed by atoms with E-state index in [1.165, 1.54) is 13.0 Å². The van der Waals surface area contributed by atoms with Crippen molar-refractivity contribution in [1.29, 1.82) is 0 Å². The molecule has 0 spiro atoms. The summed E-state index contributed by atoms with van der Waals surface area (Å²) in [5.74, 6) is 2.47. The predicted molar refractivity (Wildman–Crippen MR) is 62.2 cm³/mol. The Morgan fingerprint density at radius 2 is 2.00 bits per heavy atom. The Kier molecular flexibility index (Phi) is 3.59. The van der Waals surface area contributed by atoms with Crippen LogP contribution in [0, 0.1) is 17.8 Å². The van der Waals surface area contributed by atoms with Crippen LogP contribution in [0.3, 0.4) is 0 Å². The van der Waals surface area contributed by atoms with Crippen molar-refractivity contribution in [3.63, 3.8) is 0 Å². The largest absolute Gasteiger partial charge is 0.329 e. The Labute approximate surface area is 88.8 Å². The van der Waals surface area contributed by atoms with Crippen molar-refractivity contribution in [2.45, 2.75) is 39.7 Å². The first-order chi connectivity index (χ1) is 6.41. The van der Waals surface area contributed by atoms with Crippen LogP contribution in [0.25, 0.3) is 0 Å². The average Bonchev–Trinajstić information content (AvgIpc) is 2.79. The minimum absolute atomic E-state index is 0.169. The minimum Gasteiger partial charge on any atom is -0.329 e. The summed E-state index contributed by atoms with van der Waals surface area (Å²) in [7, 11) is 2.22. The van der Waals surface area contributed by atoms with Crippen LogP contribution in [-0.4, -0.2) is 30.6 Å². The van der Waals surface area contributed by atoms with Gasteiger partial charge in [-0.25, -0.2) is 0 Å². The Hall–Kier alpha value is -0.0800. The van der Waals surface area contributed by atoms with Gasteiger partial charge in [-0.05, 0) is 38.1 Å². The lowest BCUT2D eigenvalue weighted by molar-refractivity contribution is 0.0889. The highest BCUT2D eigenvalue weighted by atomic mass is 15.2. The lowest BCUT2D eigenvalue weighted by Crippen LogP contribution is -2.54. The van der Waals surface area contributed by atoms with Gasteiger partial charge in [0.2, 0.25) is 0 Å². The fraction of sp³-hybridized carbons (Fsp3) is 1.00. The second kappa shape index (κ2) is 4.19. The van der Waals surface area contributed by atoms with Crippen LogP contribution in [0.15, 0.2) is 0 Å². The smallest absolute Gasteiger partial charge is 0.0323 e. The molecule has 0 saturated heterocycles. The SMILES string of the molecule is CC1CC1CN(C)C(C)(CN)C(C)C. The lowest BCUT2D eigenvalue weighted by atomic mass is 9.86. The zero-order chi connectivity index (χ0) is 10.9.